The van der Waals surface area contributed by atoms with Gasteiger partial charge < -0.3 is 87.9 Å². The second-order valence-corrected chi connectivity index (χ2v) is 22.5. The summed E-state index contributed by atoms with van der Waals surface area (Å²) in [7, 11) is 0. The van der Waals surface area contributed by atoms with E-state index in [4.69, 9.17) is 52.1 Å². The molecule has 26 atom stereocenters. The summed E-state index contributed by atoms with van der Waals surface area (Å²) in [4.78, 5) is 36.0. The zero-order chi connectivity index (χ0) is 50.9. The van der Waals surface area contributed by atoms with Gasteiger partial charge in [0.15, 0.2) is 25.2 Å². The first-order valence-corrected chi connectivity index (χ1v) is 25.8. The van der Waals surface area contributed by atoms with Gasteiger partial charge in [-0.2, -0.15) is 0 Å². The fraction of sp³-hybridized carbons (Fsp3) is 0.900. The van der Waals surface area contributed by atoms with Gasteiger partial charge in [-0.15, -0.1) is 0 Å². The molecule has 4 aliphatic carbocycles. The van der Waals surface area contributed by atoms with E-state index in [1.54, 1.807) is 20.8 Å². The molecule has 21 heteroatoms. The van der Waals surface area contributed by atoms with E-state index in [1.165, 1.54) is 13.0 Å². The Kier molecular flexibility index (Phi) is 15.7. The molecule has 7 N–H and O–H groups in total. The van der Waals surface area contributed by atoms with Gasteiger partial charge in [0.2, 0.25) is 0 Å². The van der Waals surface area contributed by atoms with Gasteiger partial charge in [-0.3, -0.25) is 9.59 Å². The molecular formula is C50H76O21. The SMILES string of the molecule is CC(=O)OC1CC(OC2C(O)CC(OC3C(O)CC(OC4CCC5(C)C(CCC6C5CCC5(C)C(C7=CC(=O)OC7)C(OC=O)CC65O)C4)OC3C)OC2C)OC(C)C1OC1OC(CO)C(O)C(O)C1O. The number of aliphatic hydroxyl groups excluding tert-OH is 6. The molecule has 0 bridgehead atoms. The molecule has 9 rings (SSSR count). The van der Waals surface area contributed by atoms with Crippen LogP contribution in [0.4, 0.5) is 0 Å². The highest BCUT2D eigenvalue weighted by molar-refractivity contribution is 5.85. The Morgan fingerprint density at radius 2 is 1.38 bits per heavy atom. The maximum Gasteiger partial charge on any atom is 0.331 e. The highest BCUT2D eigenvalue weighted by Crippen LogP contribution is 2.70. The van der Waals surface area contributed by atoms with Crippen molar-refractivity contribution in [1.29, 1.82) is 0 Å². The number of cyclic esters (lactones) is 1. The van der Waals surface area contributed by atoms with Crippen molar-refractivity contribution < 1.29 is 102 Å². The van der Waals surface area contributed by atoms with Crippen LogP contribution in [0.3, 0.4) is 0 Å². The molecule has 402 valence electrons. The molecule has 0 aromatic rings. The van der Waals surface area contributed by atoms with Crippen LogP contribution < -0.4 is 0 Å². The van der Waals surface area contributed by atoms with Gasteiger partial charge >= 0.3 is 11.9 Å². The molecule has 5 heterocycles. The number of hydrogen-bond acceptors (Lipinski definition) is 21. The lowest BCUT2D eigenvalue weighted by molar-refractivity contribution is -0.355. The average Bonchev–Trinajstić information content (AvgIpc) is 3.83. The van der Waals surface area contributed by atoms with Crippen LogP contribution in [0.25, 0.3) is 0 Å². The molecule has 0 spiro atoms. The van der Waals surface area contributed by atoms with Crippen LogP contribution in [-0.2, 0) is 66.5 Å². The number of hydrogen-bond donors (Lipinski definition) is 7. The summed E-state index contributed by atoms with van der Waals surface area (Å²) in [6.45, 7) is 10.8. The van der Waals surface area contributed by atoms with E-state index in [0.717, 1.165) is 50.5 Å². The largest absolute Gasteiger partial charge is 0.464 e. The van der Waals surface area contributed by atoms with Gasteiger partial charge in [-0.1, -0.05) is 13.8 Å². The Labute approximate surface area is 413 Å². The lowest BCUT2D eigenvalue weighted by Gasteiger charge is -2.63. The van der Waals surface area contributed by atoms with E-state index >= 15 is 0 Å². The smallest absolute Gasteiger partial charge is 0.331 e. The van der Waals surface area contributed by atoms with Crippen LogP contribution in [0.5, 0.6) is 0 Å². The van der Waals surface area contributed by atoms with Crippen molar-refractivity contribution in [2.45, 2.75) is 234 Å². The number of esters is 2. The lowest BCUT2D eigenvalue weighted by Crippen LogP contribution is -2.62. The number of fused-ring (bicyclic) bond motifs is 5. The third kappa shape index (κ3) is 9.98. The molecule has 8 fully saturated rings. The Balaban J connectivity index is 0.755. The molecule has 21 nitrogen and oxygen atoms in total. The summed E-state index contributed by atoms with van der Waals surface area (Å²) >= 11 is 0. The Morgan fingerprint density at radius 1 is 0.746 bits per heavy atom. The fourth-order valence-corrected chi connectivity index (χ4v) is 14.9. The zero-order valence-corrected chi connectivity index (χ0v) is 41.5. The van der Waals surface area contributed by atoms with Crippen molar-refractivity contribution in [2.24, 2.45) is 34.5 Å². The van der Waals surface area contributed by atoms with Gasteiger partial charge in [0.1, 0.15) is 61.5 Å². The third-order valence-corrected chi connectivity index (χ3v) is 18.4. The molecule has 0 aromatic heterocycles. The molecule has 5 aliphatic heterocycles. The van der Waals surface area contributed by atoms with E-state index in [-0.39, 0.29) is 55.1 Å². The summed E-state index contributed by atoms with van der Waals surface area (Å²) in [5.41, 5.74) is -0.913. The van der Waals surface area contributed by atoms with Crippen LogP contribution in [0.2, 0.25) is 0 Å². The van der Waals surface area contributed by atoms with Crippen molar-refractivity contribution in [1.82, 2.24) is 0 Å². The quantitative estimate of drug-likeness (QED) is 0.0581. The van der Waals surface area contributed by atoms with Crippen molar-refractivity contribution >= 4 is 18.4 Å². The van der Waals surface area contributed by atoms with Crippen molar-refractivity contribution in [3.8, 4) is 0 Å². The van der Waals surface area contributed by atoms with E-state index < -0.39 is 140 Å². The van der Waals surface area contributed by atoms with Crippen LogP contribution in [0, 0.1) is 34.5 Å². The topological polar surface area (TPSA) is 294 Å². The van der Waals surface area contributed by atoms with Crippen LogP contribution in [0.15, 0.2) is 11.6 Å². The summed E-state index contributed by atoms with van der Waals surface area (Å²) in [5, 5.41) is 76.4. The third-order valence-electron chi connectivity index (χ3n) is 18.4. The normalized spacial score (nSPS) is 52.0. The highest BCUT2D eigenvalue weighted by Gasteiger charge is 2.71. The van der Waals surface area contributed by atoms with Crippen LogP contribution >= 0.6 is 0 Å². The molecule has 0 amide bonds. The number of aliphatic hydroxyl groups is 7. The van der Waals surface area contributed by atoms with Gasteiger partial charge in [0, 0.05) is 50.0 Å². The van der Waals surface area contributed by atoms with E-state index in [1.807, 2.05) is 0 Å². The van der Waals surface area contributed by atoms with Gasteiger partial charge in [0.05, 0.1) is 48.8 Å². The van der Waals surface area contributed by atoms with Crippen LogP contribution in [0.1, 0.15) is 112 Å². The molecule has 0 radical (unpaired) electrons. The predicted molar refractivity (Wildman–Crippen MR) is 240 cm³/mol. The molecule has 71 heavy (non-hydrogen) atoms. The molecule has 4 saturated carbocycles. The second kappa shape index (κ2) is 20.9. The summed E-state index contributed by atoms with van der Waals surface area (Å²) in [5.74, 6) is -0.716. The van der Waals surface area contributed by atoms with Gasteiger partial charge in [-0.05, 0) is 94.5 Å². The van der Waals surface area contributed by atoms with Gasteiger partial charge in [0.25, 0.3) is 6.47 Å². The number of ether oxygens (including phenoxy) is 11. The first kappa shape index (κ1) is 53.4. The number of rotatable bonds is 13. The maximum absolute atomic E-state index is 12.8. The number of carbonyl (C=O) groups is 3. The Bertz CT molecular complexity index is 1910. The minimum absolute atomic E-state index is 0.00811. The first-order chi connectivity index (χ1) is 33.7. The van der Waals surface area contributed by atoms with Crippen molar-refractivity contribution in [3.63, 3.8) is 0 Å². The molecule has 0 aromatic carbocycles. The lowest BCUT2D eigenvalue weighted by atomic mass is 9.43. The number of carbonyl (C=O) groups excluding carboxylic acids is 3. The monoisotopic (exact) mass is 1010 g/mol. The van der Waals surface area contributed by atoms with Crippen molar-refractivity contribution in [2.75, 3.05) is 13.2 Å². The highest BCUT2D eigenvalue weighted by atomic mass is 16.8. The Hall–Kier alpha value is -2.45. The minimum atomic E-state index is -1.69. The molecular weight excluding hydrogens is 937 g/mol. The molecule has 9 aliphatic rings. The van der Waals surface area contributed by atoms with Crippen molar-refractivity contribution in [3.05, 3.63) is 11.6 Å². The standard InChI is InChI=1S/C50H76O21/c1-22-44(69-38-16-32(55)45(23(2)64-38)70-39-17-33(66-25(4)53)46(24(3)65-39)71-47-43(59)42(58)41(57)35(19-51)68-47)31(54)15-37(63-22)67-28-9-11-48(5)27(14-28)7-8-30-29(48)10-12-49(6)40(26-13-36(56)61-20-26)34(62-21-52)18-50(30,49)60/h13,21-24,27-35,37-47,51,54-55,57-60H,7-12,14-20H2,1-6H3. The molecule has 26 unspecified atom stereocenters. The minimum Gasteiger partial charge on any atom is -0.464 e. The second-order valence-electron chi connectivity index (χ2n) is 22.5. The maximum atomic E-state index is 12.8. The van der Waals surface area contributed by atoms with Gasteiger partial charge in [-0.25, -0.2) is 4.79 Å². The Morgan fingerprint density at radius 3 is 1.97 bits per heavy atom. The predicted octanol–water partition coefficient (Wildman–Crippen LogP) is 0.794. The molecule has 4 saturated heterocycles. The first-order valence-electron chi connectivity index (χ1n) is 25.8. The van der Waals surface area contributed by atoms with Crippen LogP contribution in [-0.4, -0.2) is 190 Å². The van der Waals surface area contributed by atoms with E-state index in [9.17, 15) is 50.1 Å². The summed E-state index contributed by atoms with van der Waals surface area (Å²) in [6, 6.07) is 0. The summed E-state index contributed by atoms with van der Waals surface area (Å²) in [6.07, 6.45) is -11.0. The van der Waals surface area contributed by atoms with E-state index in [2.05, 4.69) is 13.8 Å². The average molecular weight is 1010 g/mol. The zero-order valence-electron chi connectivity index (χ0n) is 41.5. The fourth-order valence-electron chi connectivity index (χ4n) is 14.9. The summed E-state index contributed by atoms with van der Waals surface area (Å²) < 4.78 is 65.8. The van der Waals surface area contributed by atoms with E-state index in [0.29, 0.717) is 18.8 Å².